The monoisotopic (exact) mass is 275 g/mol. The summed E-state index contributed by atoms with van der Waals surface area (Å²) in [4.78, 5) is 0. The van der Waals surface area contributed by atoms with Crippen LogP contribution in [-0.2, 0) is 9.47 Å². The number of ether oxygens (including phenoxy) is 2. The average Bonchev–Trinajstić information content (AvgIpc) is 2.73. The SMILES string of the molecule is CC1C=CC(OCC2CNCCO2)=C2C(=C1)CCC2C. The van der Waals surface area contributed by atoms with Gasteiger partial charge in [0.25, 0.3) is 0 Å². The summed E-state index contributed by atoms with van der Waals surface area (Å²) in [6.45, 7) is 7.81. The number of allylic oxidation sites excluding steroid dienone is 5. The first kappa shape index (κ1) is 13.9. The first-order chi connectivity index (χ1) is 9.74. The molecule has 0 radical (unpaired) electrons. The minimum absolute atomic E-state index is 0.176. The number of hydrogen-bond acceptors (Lipinski definition) is 3. The molecule has 3 nitrogen and oxygen atoms in total. The second-order valence-electron chi connectivity index (χ2n) is 6.14. The van der Waals surface area contributed by atoms with E-state index in [9.17, 15) is 0 Å². The van der Waals surface area contributed by atoms with Crippen LogP contribution in [0.5, 0.6) is 0 Å². The van der Waals surface area contributed by atoms with E-state index in [1.54, 1.807) is 0 Å². The first-order valence-corrected chi connectivity index (χ1v) is 7.82. The molecule has 3 unspecified atom stereocenters. The van der Waals surface area contributed by atoms with Crippen LogP contribution in [0.15, 0.2) is 35.1 Å². The molecule has 0 amide bonds. The molecular weight excluding hydrogens is 250 g/mol. The number of morpholine rings is 1. The molecule has 2 aliphatic carbocycles. The molecule has 3 rings (SSSR count). The molecule has 3 atom stereocenters. The van der Waals surface area contributed by atoms with Crippen molar-refractivity contribution < 1.29 is 9.47 Å². The van der Waals surface area contributed by atoms with Crippen LogP contribution in [0.25, 0.3) is 0 Å². The molecule has 1 saturated carbocycles. The van der Waals surface area contributed by atoms with E-state index >= 15 is 0 Å². The normalized spacial score (nSPS) is 33.7. The molecule has 1 aliphatic heterocycles. The van der Waals surface area contributed by atoms with E-state index in [4.69, 9.17) is 9.47 Å². The molecule has 1 N–H and O–H groups in total. The van der Waals surface area contributed by atoms with Gasteiger partial charge in [0.1, 0.15) is 18.5 Å². The van der Waals surface area contributed by atoms with Crippen molar-refractivity contribution in [2.24, 2.45) is 11.8 Å². The van der Waals surface area contributed by atoms with Crippen LogP contribution >= 0.6 is 0 Å². The Morgan fingerprint density at radius 3 is 3.10 bits per heavy atom. The van der Waals surface area contributed by atoms with Gasteiger partial charge in [0.15, 0.2) is 0 Å². The van der Waals surface area contributed by atoms with E-state index in [1.807, 2.05) is 0 Å². The van der Waals surface area contributed by atoms with Crippen molar-refractivity contribution in [1.29, 1.82) is 0 Å². The predicted octanol–water partition coefficient (Wildman–Crippen LogP) is 2.81. The van der Waals surface area contributed by atoms with Gasteiger partial charge >= 0.3 is 0 Å². The fourth-order valence-corrected chi connectivity index (χ4v) is 3.28. The summed E-state index contributed by atoms with van der Waals surface area (Å²) >= 11 is 0. The van der Waals surface area contributed by atoms with Crippen molar-refractivity contribution in [3.8, 4) is 0 Å². The van der Waals surface area contributed by atoms with Crippen molar-refractivity contribution in [2.75, 3.05) is 26.3 Å². The van der Waals surface area contributed by atoms with Crippen LogP contribution < -0.4 is 5.32 Å². The van der Waals surface area contributed by atoms with Crippen molar-refractivity contribution in [2.45, 2.75) is 32.8 Å². The smallest absolute Gasteiger partial charge is 0.122 e. The molecule has 2 fully saturated rings. The van der Waals surface area contributed by atoms with Crippen LogP contribution in [0.1, 0.15) is 26.7 Å². The van der Waals surface area contributed by atoms with E-state index in [1.165, 1.54) is 24.0 Å². The summed E-state index contributed by atoms with van der Waals surface area (Å²) in [6.07, 6.45) is 9.41. The lowest BCUT2D eigenvalue weighted by Gasteiger charge is -2.24. The third-order valence-electron chi connectivity index (χ3n) is 4.40. The fraction of sp³-hybridized carbons (Fsp3) is 0.647. The Morgan fingerprint density at radius 2 is 2.30 bits per heavy atom. The number of nitrogens with one attached hydrogen (secondary N) is 1. The molecular formula is C17H25NO2. The van der Waals surface area contributed by atoms with Gasteiger partial charge in [-0.15, -0.1) is 0 Å². The minimum Gasteiger partial charge on any atom is -0.491 e. The van der Waals surface area contributed by atoms with E-state index in [-0.39, 0.29) is 6.10 Å². The first-order valence-electron chi connectivity index (χ1n) is 7.82. The summed E-state index contributed by atoms with van der Waals surface area (Å²) in [7, 11) is 0. The van der Waals surface area contributed by atoms with Crippen molar-refractivity contribution in [3.63, 3.8) is 0 Å². The Balaban J connectivity index is 1.73. The van der Waals surface area contributed by atoms with Crippen LogP contribution in [0, 0.1) is 11.8 Å². The highest BCUT2D eigenvalue weighted by atomic mass is 16.5. The standard InChI is InChI=1S/C17H25NO2/c1-12-3-6-16(17-13(2)4-5-14(17)9-12)20-11-15-10-18-7-8-19-15/h3,6,9,12-13,15,18H,4-5,7-8,10-11H2,1-2H3. The number of rotatable bonds is 3. The van der Waals surface area contributed by atoms with E-state index in [2.05, 4.69) is 37.4 Å². The number of hydrogen-bond donors (Lipinski definition) is 1. The van der Waals surface area contributed by atoms with Crippen molar-refractivity contribution >= 4 is 0 Å². The molecule has 110 valence electrons. The highest BCUT2D eigenvalue weighted by Crippen LogP contribution is 2.40. The molecule has 1 heterocycles. The maximum Gasteiger partial charge on any atom is 0.122 e. The van der Waals surface area contributed by atoms with Gasteiger partial charge in [-0.05, 0) is 41.9 Å². The molecule has 0 spiro atoms. The van der Waals surface area contributed by atoms with Crippen LogP contribution in [0.3, 0.4) is 0 Å². The summed E-state index contributed by atoms with van der Waals surface area (Å²) in [5, 5.41) is 3.35. The Bertz CT molecular complexity index is 444. The predicted molar refractivity (Wildman–Crippen MR) is 80.4 cm³/mol. The lowest BCUT2D eigenvalue weighted by atomic mass is 10.0. The summed E-state index contributed by atoms with van der Waals surface area (Å²) in [6, 6.07) is 0. The Hall–Kier alpha value is -1.06. The zero-order chi connectivity index (χ0) is 13.9. The van der Waals surface area contributed by atoms with E-state index in [0.29, 0.717) is 18.4 Å². The van der Waals surface area contributed by atoms with Gasteiger partial charge in [-0.3, -0.25) is 0 Å². The van der Waals surface area contributed by atoms with Gasteiger partial charge in [0.2, 0.25) is 0 Å². The zero-order valence-electron chi connectivity index (χ0n) is 12.5. The van der Waals surface area contributed by atoms with Gasteiger partial charge in [0, 0.05) is 13.1 Å². The summed E-state index contributed by atoms with van der Waals surface area (Å²) in [5.41, 5.74) is 2.92. The van der Waals surface area contributed by atoms with Crippen LogP contribution in [-0.4, -0.2) is 32.4 Å². The van der Waals surface area contributed by atoms with Crippen molar-refractivity contribution in [1.82, 2.24) is 5.32 Å². The Morgan fingerprint density at radius 1 is 1.40 bits per heavy atom. The van der Waals surface area contributed by atoms with E-state index in [0.717, 1.165) is 25.5 Å². The molecule has 0 aromatic rings. The molecule has 0 bridgehead atoms. The minimum atomic E-state index is 0.176. The molecule has 20 heavy (non-hydrogen) atoms. The number of fused-ring (bicyclic) bond motifs is 1. The quantitative estimate of drug-likeness (QED) is 0.859. The fourth-order valence-electron chi connectivity index (χ4n) is 3.28. The molecule has 1 saturated heterocycles. The van der Waals surface area contributed by atoms with Crippen LogP contribution in [0.4, 0.5) is 0 Å². The molecule has 3 heteroatoms. The maximum atomic E-state index is 6.12. The summed E-state index contributed by atoms with van der Waals surface area (Å²) in [5.74, 6) is 2.18. The second-order valence-corrected chi connectivity index (χ2v) is 6.14. The molecule has 0 aromatic carbocycles. The molecule has 0 aromatic heterocycles. The largest absolute Gasteiger partial charge is 0.491 e. The topological polar surface area (TPSA) is 30.5 Å². The Kier molecular flexibility index (Phi) is 4.27. The van der Waals surface area contributed by atoms with Gasteiger partial charge < -0.3 is 14.8 Å². The zero-order valence-corrected chi connectivity index (χ0v) is 12.5. The van der Waals surface area contributed by atoms with E-state index < -0.39 is 0 Å². The highest BCUT2D eigenvalue weighted by molar-refractivity contribution is 5.45. The van der Waals surface area contributed by atoms with Gasteiger partial charge in [-0.25, -0.2) is 0 Å². The second kappa shape index (κ2) is 6.15. The van der Waals surface area contributed by atoms with Crippen molar-refractivity contribution in [3.05, 3.63) is 35.1 Å². The summed E-state index contributed by atoms with van der Waals surface area (Å²) < 4.78 is 11.8. The third kappa shape index (κ3) is 2.99. The maximum absolute atomic E-state index is 6.12. The highest BCUT2D eigenvalue weighted by Gasteiger charge is 2.27. The molecule has 3 aliphatic rings. The van der Waals surface area contributed by atoms with Gasteiger partial charge in [0.05, 0.1) is 6.61 Å². The Labute approximate surface area is 121 Å². The average molecular weight is 275 g/mol. The lowest BCUT2D eigenvalue weighted by Crippen LogP contribution is -2.40. The lowest BCUT2D eigenvalue weighted by molar-refractivity contribution is -0.0142. The third-order valence-corrected chi connectivity index (χ3v) is 4.40. The van der Waals surface area contributed by atoms with Crippen LogP contribution in [0.2, 0.25) is 0 Å². The van der Waals surface area contributed by atoms with Gasteiger partial charge in [-0.2, -0.15) is 0 Å². The van der Waals surface area contributed by atoms with Gasteiger partial charge in [-0.1, -0.05) is 26.0 Å².